The summed E-state index contributed by atoms with van der Waals surface area (Å²) >= 11 is 0. The predicted octanol–water partition coefficient (Wildman–Crippen LogP) is 3.48. The Morgan fingerprint density at radius 1 is 0.844 bits per heavy atom. The van der Waals surface area contributed by atoms with Crippen LogP contribution in [0.2, 0.25) is 0 Å². The molecule has 0 radical (unpaired) electrons. The SMILES string of the molecule is O=C(NC(Cc1ccccc1)C(=O)O)c1cn(Cc2ccccc2)c2ccccc2c1=O. The second kappa shape index (κ2) is 9.31. The van der Waals surface area contributed by atoms with Crippen molar-refractivity contribution in [2.75, 3.05) is 0 Å². The summed E-state index contributed by atoms with van der Waals surface area (Å²) < 4.78 is 1.84. The Bertz CT molecular complexity index is 1310. The topological polar surface area (TPSA) is 88.4 Å². The number of hydrogen-bond acceptors (Lipinski definition) is 3. The van der Waals surface area contributed by atoms with E-state index in [0.29, 0.717) is 17.4 Å². The maximum Gasteiger partial charge on any atom is 0.326 e. The normalized spacial score (nSPS) is 11.8. The van der Waals surface area contributed by atoms with Crippen LogP contribution in [0.1, 0.15) is 21.5 Å². The van der Waals surface area contributed by atoms with Gasteiger partial charge in [0.15, 0.2) is 0 Å². The molecule has 0 saturated carbocycles. The summed E-state index contributed by atoms with van der Waals surface area (Å²) in [5.74, 6) is -1.86. The molecule has 1 heterocycles. The van der Waals surface area contributed by atoms with Crippen LogP contribution in [-0.4, -0.2) is 27.6 Å². The first-order chi connectivity index (χ1) is 15.5. The van der Waals surface area contributed by atoms with Gasteiger partial charge in [0.05, 0.1) is 5.52 Å². The van der Waals surface area contributed by atoms with Crippen LogP contribution in [0.5, 0.6) is 0 Å². The Labute approximate surface area is 184 Å². The van der Waals surface area contributed by atoms with Crippen molar-refractivity contribution in [1.29, 1.82) is 0 Å². The molecule has 4 aromatic rings. The first-order valence-electron chi connectivity index (χ1n) is 10.3. The molecule has 3 aromatic carbocycles. The van der Waals surface area contributed by atoms with E-state index in [-0.39, 0.29) is 12.0 Å². The summed E-state index contributed by atoms with van der Waals surface area (Å²) in [7, 11) is 0. The molecule has 32 heavy (non-hydrogen) atoms. The second-order valence-electron chi connectivity index (χ2n) is 7.56. The third-order valence-electron chi connectivity index (χ3n) is 5.31. The van der Waals surface area contributed by atoms with E-state index < -0.39 is 23.3 Å². The number of rotatable bonds is 7. The first kappa shape index (κ1) is 21.1. The van der Waals surface area contributed by atoms with Gasteiger partial charge in [0.25, 0.3) is 5.91 Å². The van der Waals surface area contributed by atoms with Gasteiger partial charge >= 0.3 is 5.97 Å². The number of carboxylic acids is 1. The second-order valence-corrected chi connectivity index (χ2v) is 7.56. The van der Waals surface area contributed by atoms with Gasteiger partial charge < -0.3 is 15.0 Å². The molecule has 160 valence electrons. The van der Waals surface area contributed by atoms with Crippen LogP contribution in [0.3, 0.4) is 0 Å². The minimum absolute atomic E-state index is 0.0843. The predicted molar refractivity (Wildman–Crippen MR) is 123 cm³/mol. The number of amides is 1. The number of aromatic nitrogens is 1. The fourth-order valence-electron chi connectivity index (χ4n) is 3.70. The zero-order chi connectivity index (χ0) is 22.5. The van der Waals surface area contributed by atoms with Gasteiger partial charge in [-0.25, -0.2) is 4.79 Å². The van der Waals surface area contributed by atoms with Crippen molar-refractivity contribution < 1.29 is 14.7 Å². The van der Waals surface area contributed by atoms with Gasteiger partial charge in [-0.15, -0.1) is 0 Å². The highest BCUT2D eigenvalue weighted by molar-refractivity contribution is 5.99. The van der Waals surface area contributed by atoms with Crippen molar-refractivity contribution in [3.63, 3.8) is 0 Å². The quantitative estimate of drug-likeness (QED) is 0.474. The van der Waals surface area contributed by atoms with Gasteiger partial charge in [0, 0.05) is 24.5 Å². The van der Waals surface area contributed by atoms with E-state index in [9.17, 15) is 19.5 Å². The van der Waals surface area contributed by atoms with Gasteiger partial charge in [0.2, 0.25) is 5.43 Å². The lowest BCUT2D eigenvalue weighted by molar-refractivity contribution is -0.139. The van der Waals surface area contributed by atoms with Crippen LogP contribution in [-0.2, 0) is 17.8 Å². The lowest BCUT2D eigenvalue weighted by Crippen LogP contribution is -2.43. The number of hydrogen-bond donors (Lipinski definition) is 2. The van der Waals surface area contributed by atoms with E-state index in [1.54, 1.807) is 24.3 Å². The molecule has 0 bridgehead atoms. The Morgan fingerprint density at radius 3 is 2.09 bits per heavy atom. The average molecular weight is 426 g/mol. The molecule has 0 aliphatic rings. The summed E-state index contributed by atoms with van der Waals surface area (Å²) in [6, 6.07) is 24.7. The van der Waals surface area contributed by atoms with Crippen molar-refractivity contribution in [3.8, 4) is 0 Å². The molecule has 0 aliphatic carbocycles. The Hall–Kier alpha value is -4.19. The third kappa shape index (κ3) is 4.59. The zero-order valence-corrected chi connectivity index (χ0v) is 17.3. The number of carbonyl (C=O) groups excluding carboxylic acids is 1. The van der Waals surface area contributed by atoms with Crippen LogP contribution < -0.4 is 10.7 Å². The van der Waals surface area contributed by atoms with Gasteiger partial charge in [0.1, 0.15) is 11.6 Å². The number of nitrogens with zero attached hydrogens (tertiary/aromatic N) is 1. The van der Waals surface area contributed by atoms with E-state index in [2.05, 4.69) is 5.32 Å². The molecule has 0 aliphatic heterocycles. The number of nitrogens with one attached hydrogen (secondary N) is 1. The van der Waals surface area contributed by atoms with Crippen LogP contribution in [0.15, 0.2) is 95.9 Å². The molecule has 1 unspecified atom stereocenters. The molecule has 1 aromatic heterocycles. The molecule has 2 N–H and O–H groups in total. The summed E-state index contributed by atoms with van der Waals surface area (Å²) in [4.78, 5) is 37.9. The summed E-state index contributed by atoms with van der Waals surface area (Å²) in [5, 5.41) is 12.6. The first-order valence-corrected chi connectivity index (χ1v) is 10.3. The highest BCUT2D eigenvalue weighted by Crippen LogP contribution is 2.15. The molecule has 1 atom stereocenters. The number of para-hydroxylation sites is 1. The molecular formula is C26H22N2O4. The molecule has 0 saturated heterocycles. The number of fused-ring (bicyclic) bond motifs is 1. The van der Waals surface area contributed by atoms with Gasteiger partial charge in [-0.3, -0.25) is 9.59 Å². The summed E-state index contributed by atoms with van der Waals surface area (Å²) in [6.07, 6.45) is 1.63. The number of pyridine rings is 1. The monoisotopic (exact) mass is 426 g/mol. The lowest BCUT2D eigenvalue weighted by atomic mass is 10.1. The van der Waals surface area contributed by atoms with E-state index >= 15 is 0 Å². The Morgan fingerprint density at radius 2 is 1.44 bits per heavy atom. The summed E-state index contributed by atoms with van der Waals surface area (Å²) in [6.45, 7) is 0.467. The molecular weight excluding hydrogens is 404 g/mol. The number of carboxylic acid groups (broad SMARTS) is 1. The van der Waals surface area contributed by atoms with Crippen LogP contribution in [0, 0.1) is 0 Å². The molecule has 0 spiro atoms. The smallest absolute Gasteiger partial charge is 0.326 e. The average Bonchev–Trinajstić information content (AvgIpc) is 2.81. The highest BCUT2D eigenvalue weighted by atomic mass is 16.4. The highest BCUT2D eigenvalue weighted by Gasteiger charge is 2.23. The molecule has 6 nitrogen and oxygen atoms in total. The minimum atomic E-state index is -1.16. The maximum atomic E-state index is 13.1. The van der Waals surface area contributed by atoms with Crippen LogP contribution in [0.25, 0.3) is 10.9 Å². The van der Waals surface area contributed by atoms with Gasteiger partial charge in [-0.05, 0) is 23.3 Å². The molecule has 6 heteroatoms. The van der Waals surface area contributed by atoms with E-state index in [1.165, 1.54) is 6.20 Å². The Kier molecular flexibility index (Phi) is 6.12. The molecule has 0 fully saturated rings. The van der Waals surface area contributed by atoms with E-state index in [4.69, 9.17) is 0 Å². The van der Waals surface area contributed by atoms with Gasteiger partial charge in [-0.1, -0.05) is 72.8 Å². The lowest BCUT2D eigenvalue weighted by Gasteiger charge is -2.17. The fourth-order valence-corrected chi connectivity index (χ4v) is 3.70. The molecule has 4 rings (SSSR count). The summed E-state index contributed by atoms with van der Waals surface area (Å²) in [5.41, 5.74) is 1.99. The zero-order valence-electron chi connectivity index (χ0n) is 17.3. The fraction of sp³-hybridized carbons (Fsp3) is 0.115. The minimum Gasteiger partial charge on any atom is -0.480 e. The number of benzene rings is 3. The van der Waals surface area contributed by atoms with Crippen molar-refractivity contribution in [3.05, 3.63) is 118 Å². The number of carbonyl (C=O) groups is 2. The standard InChI is InChI=1S/C26H22N2O4/c29-24-20-13-7-8-14-23(20)28(16-19-11-5-2-6-12-19)17-21(24)25(30)27-22(26(31)32)15-18-9-3-1-4-10-18/h1-14,17,22H,15-16H2,(H,27,30)(H,31,32). The molecule has 1 amide bonds. The van der Waals surface area contributed by atoms with Crippen LogP contribution in [0.4, 0.5) is 0 Å². The van der Waals surface area contributed by atoms with Crippen molar-refractivity contribution >= 4 is 22.8 Å². The van der Waals surface area contributed by atoms with E-state index in [0.717, 1.165) is 11.1 Å². The van der Waals surface area contributed by atoms with Crippen LogP contribution >= 0.6 is 0 Å². The van der Waals surface area contributed by atoms with Crippen molar-refractivity contribution in [2.24, 2.45) is 0 Å². The number of aliphatic carboxylic acids is 1. The van der Waals surface area contributed by atoms with Gasteiger partial charge in [-0.2, -0.15) is 0 Å². The van der Waals surface area contributed by atoms with Crippen molar-refractivity contribution in [2.45, 2.75) is 19.0 Å². The third-order valence-corrected chi connectivity index (χ3v) is 5.31. The Balaban J connectivity index is 1.69. The van der Waals surface area contributed by atoms with E-state index in [1.807, 2.05) is 65.2 Å². The van der Waals surface area contributed by atoms with Crippen molar-refractivity contribution in [1.82, 2.24) is 9.88 Å². The largest absolute Gasteiger partial charge is 0.480 e. The maximum absolute atomic E-state index is 13.1.